The van der Waals surface area contributed by atoms with Gasteiger partial charge >= 0.3 is 0 Å². The fourth-order valence-corrected chi connectivity index (χ4v) is 1.89. The van der Waals surface area contributed by atoms with Crippen LogP contribution in [0.1, 0.15) is 26.7 Å². The minimum Gasteiger partial charge on any atom is -0.378 e. The molecule has 1 aromatic heterocycles. The molecule has 7 heteroatoms. The number of nitrogens with one attached hydrogen (secondary N) is 1. The van der Waals surface area contributed by atoms with Crippen molar-refractivity contribution in [1.82, 2.24) is 9.78 Å². The van der Waals surface area contributed by atoms with Crippen molar-refractivity contribution in [2.45, 2.75) is 33.2 Å². The Morgan fingerprint density at radius 2 is 2.25 bits per heavy atom. The van der Waals surface area contributed by atoms with Gasteiger partial charge in [-0.15, -0.1) is 0 Å². The van der Waals surface area contributed by atoms with Crippen molar-refractivity contribution in [2.24, 2.45) is 17.1 Å². The second-order valence-corrected chi connectivity index (χ2v) is 6.31. The van der Waals surface area contributed by atoms with Crippen LogP contribution in [-0.4, -0.2) is 22.2 Å². The molecule has 0 radical (unpaired) electrons. The van der Waals surface area contributed by atoms with Gasteiger partial charge in [0.15, 0.2) is 0 Å². The molecule has 1 aliphatic carbocycles. The van der Waals surface area contributed by atoms with Gasteiger partial charge in [-0.05, 0) is 32.6 Å². The fraction of sp³-hybridized carbons (Fsp3) is 0.615. The lowest BCUT2D eigenvalue weighted by molar-refractivity contribution is -0.125. The topological polar surface area (TPSA) is 90.0 Å². The third kappa shape index (κ3) is 3.30. The average Bonchev–Trinajstić information content (AvgIpc) is 3.16. The largest absolute Gasteiger partial charge is 0.378 e. The molecule has 3 N–H and O–H groups in total. The van der Waals surface area contributed by atoms with Gasteiger partial charge < -0.3 is 11.1 Å². The van der Waals surface area contributed by atoms with E-state index in [1.807, 2.05) is 0 Å². The quantitative estimate of drug-likeness (QED) is 0.826. The first-order valence-corrected chi connectivity index (χ1v) is 6.98. The normalized spacial score (nSPS) is 15.2. The number of carbonyl (C=O) groups excluding carboxylic acids is 1. The highest BCUT2D eigenvalue weighted by molar-refractivity contribution is 6.33. The van der Waals surface area contributed by atoms with Crippen LogP contribution in [0, 0.1) is 11.3 Å². The van der Waals surface area contributed by atoms with Crippen LogP contribution in [0.3, 0.4) is 0 Å². The van der Waals surface area contributed by atoms with Gasteiger partial charge in [-0.1, -0.05) is 11.6 Å². The predicted molar refractivity (Wildman–Crippen MR) is 77.7 cm³/mol. The lowest BCUT2D eigenvalue weighted by Gasteiger charge is -2.21. The van der Waals surface area contributed by atoms with E-state index < -0.39 is 11.3 Å². The summed E-state index contributed by atoms with van der Waals surface area (Å²) in [5.41, 5.74) is 4.56. The molecule has 0 atom stereocenters. The summed E-state index contributed by atoms with van der Waals surface area (Å²) >= 11 is 6.01. The van der Waals surface area contributed by atoms with Crippen LogP contribution in [0.15, 0.2) is 11.0 Å². The summed E-state index contributed by atoms with van der Waals surface area (Å²) < 4.78 is 1.42. The van der Waals surface area contributed by atoms with Gasteiger partial charge in [0, 0.05) is 13.1 Å². The molecule has 1 amide bonds. The lowest BCUT2D eigenvalue weighted by atomic mass is 9.93. The smallest absolute Gasteiger partial charge is 0.291 e. The van der Waals surface area contributed by atoms with Crippen molar-refractivity contribution in [3.63, 3.8) is 0 Å². The fourth-order valence-electron chi connectivity index (χ4n) is 1.70. The number of hydrogen-bond acceptors (Lipinski definition) is 4. The highest BCUT2D eigenvalue weighted by Gasteiger charge is 2.26. The average molecular weight is 299 g/mol. The van der Waals surface area contributed by atoms with Crippen molar-refractivity contribution < 1.29 is 4.79 Å². The summed E-state index contributed by atoms with van der Waals surface area (Å²) in [4.78, 5) is 23.6. The third-order valence-corrected chi connectivity index (χ3v) is 3.79. The number of amides is 1. The SMILES string of the molecule is CC(C)(CNc1c(Cl)cnn(CC2CC2)c1=O)C(N)=O. The van der Waals surface area contributed by atoms with Gasteiger partial charge in [0.05, 0.1) is 16.6 Å². The number of carbonyl (C=O) groups is 1. The molecule has 1 heterocycles. The number of hydrogen-bond donors (Lipinski definition) is 2. The van der Waals surface area contributed by atoms with Crippen molar-refractivity contribution in [2.75, 3.05) is 11.9 Å². The Morgan fingerprint density at radius 1 is 1.60 bits per heavy atom. The molecule has 0 aromatic carbocycles. The van der Waals surface area contributed by atoms with Gasteiger partial charge in [0.1, 0.15) is 5.69 Å². The minimum absolute atomic E-state index is 0.241. The monoisotopic (exact) mass is 298 g/mol. The lowest BCUT2D eigenvalue weighted by Crippen LogP contribution is -2.38. The van der Waals surface area contributed by atoms with Crippen molar-refractivity contribution in [3.8, 4) is 0 Å². The molecule has 2 rings (SSSR count). The number of aromatic nitrogens is 2. The number of halogens is 1. The molecule has 0 spiro atoms. The number of anilines is 1. The Labute approximate surface area is 122 Å². The van der Waals surface area contributed by atoms with Crippen LogP contribution < -0.4 is 16.6 Å². The molecule has 110 valence electrons. The van der Waals surface area contributed by atoms with Crippen LogP contribution in [-0.2, 0) is 11.3 Å². The first-order valence-electron chi connectivity index (χ1n) is 6.60. The van der Waals surface area contributed by atoms with E-state index in [1.165, 1.54) is 10.9 Å². The van der Waals surface area contributed by atoms with Crippen molar-refractivity contribution >= 4 is 23.2 Å². The summed E-state index contributed by atoms with van der Waals surface area (Å²) in [5.74, 6) is 0.102. The molecule has 0 saturated heterocycles. The van der Waals surface area contributed by atoms with Crippen LogP contribution in [0.5, 0.6) is 0 Å². The standard InChI is InChI=1S/C13H19ClN4O2/c1-13(2,12(15)20)7-16-10-9(14)5-17-18(11(10)19)6-8-3-4-8/h5,8,16H,3-4,6-7H2,1-2H3,(H2,15,20). The van der Waals surface area contributed by atoms with E-state index in [2.05, 4.69) is 10.4 Å². The maximum Gasteiger partial charge on any atom is 0.291 e. The van der Waals surface area contributed by atoms with E-state index in [9.17, 15) is 9.59 Å². The number of rotatable bonds is 6. The second kappa shape index (κ2) is 5.44. The van der Waals surface area contributed by atoms with E-state index in [1.54, 1.807) is 13.8 Å². The van der Waals surface area contributed by atoms with Crippen LogP contribution in [0.2, 0.25) is 5.02 Å². The molecule has 6 nitrogen and oxygen atoms in total. The van der Waals surface area contributed by atoms with Crippen molar-refractivity contribution in [3.05, 3.63) is 21.6 Å². The maximum atomic E-state index is 12.3. The molecule has 1 fully saturated rings. The predicted octanol–water partition coefficient (Wildman–Crippen LogP) is 1.23. The van der Waals surface area contributed by atoms with E-state index in [0.29, 0.717) is 12.5 Å². The van der Waals surface area contributed by atoms with Gasteiger partial charge in [0.2, 0.25) is 5.91 Å². The Balaban J connectivity index is 2.18. The molecule has 1 aliphatic rings. The van der Waals surface area contributed by atoms with E-state index in [0.717, 1.165) is 12.8 Å². The summed E-state index contributed by atoms with van der Waals surface area (Å²) in [7, 11) is 0. The Bertz CT molecular complexity index is 578. The number of nitrogens with two attached hydrogens (primary N) is 1. The van der Waals surface area contributed by atoms with Gasteiger partial charge in [0.25, 0.3) is 5.56 Å². The Hall–Kier alpha value is -1.56. The summed E-state index contributed by atoms with van der Waals surface area (Å²) in [6.45, 7) is 4.27. The number of primary amides is 1. The van der Waals surface area contributed by atoms with E-state index in [-0.39, 0.29) is 22.8 Å². The molecule has 0 unspecified atom stereocenters. The van der Waals surface area contributed by atoms with Crippen LogP contribution in [0.25, 0.3) is 0 Å². The molecule has 20 heavy (non-hydrogen) atoms. The first-order chi connectivity index (χ1) is 9.31. The minimum atomic E-state index is -0.764. The Kier molecular flexibility index (Phi) is 4.04. The zero-order chi connectivity index (χ0) is 14.9. The zero-order valence-corrected chi connectivity index (χ0v) is 12.4. The zero-order valence-electron chi connectivity index (χ0n) is 11.6. The summed E-state index contributed by atoms with van der Waals surface area (Å²) in [6.07, 6.45) is 3.72. The molecule has 1 saturated carbocycles. The molecular weight excluding hydrogens is 280 g/mol. The molecule has 0 aliphatic heterocycles. The van der Waals surface area contributed by atoms with Crippen molar-refractivity contribution in [1.29, 1.82) is 0 Å². The van der Waals surface area contributed by atoms with Crippen LogP contribution in [0.4, 0.5) is 5.69 Å². The number of nitrogens with zero attached hydrogens (tertiary/aromatic N) is 2. The highest BCUT2D eigenvalue weighted by Crippen LogP contribution is 2.30. The van der Waals surface area contributed by atoms with E-state index >= 15 is 0 Å². The van der Waals surface area contributed by atoms with Gasteiger partial charge in [-0.25, -0.2) is 4.68 Å². The van der Waals surface area contributed by atoms with Crippen LogP contribution >= 0.6 is 11.6 Å². The molecule has 0 bridgehead atoms. The summed E-state index contributed by atoms with van der Waals surface area (Å²) in [6, 6.07) is 0. The van der Waals surface area contributed by atoms with E-state index in [4.69, 9.17) is 17.3 Å². The first kappa shape index (κ1) is 14.8. The van der Waals surface area contributed by atoms with Gasteiger partial charge in [-0.2, -0.15) is 5.10 Å². The Morgan fingerprint density at radius 3 is 2.80 bits per heavy atom. The third-order valence-electron chi connectivity index (χ3n) is 3.50. The highest BCUT2D eigenvalue weighted by atomic mass is 35.5. The summed E-state index contributed by atoms with van der Waals surface area (Å²) in [5, 5.41) is 7.22. The van der Waals surface area contributed by atoms with Gasteiger partial charge in [-0.3, -0.25) is 9.59 Å². The molecule has 1 aromatic rings. The molecular formula is C13H19ClN4O2. The second-order valence-electron chi connectivity index (χ2n) is 5.90. The maximum absolute atomic E-state index is 12.3.